The van der Waals surface area contributed by atoms with Gasteiger partial charge in [-0.05, 0) is 30.0 Å². The Morgan fingerprint density at radius 3 is 2.65 bits per heavy atom. The van der Waals surface area contributed by atoms with Gasteiger partial charge in [0, 0.05) is 9.89 Å². The molecule has 0 amide bonds. The van der Waals surface area contributed by atoms with Crippen LogP contribution in [0.2, 0.25) is 0 Å². The topological polar surface area (TPSA) is 52.6 Å². The van der Waals surface area contributed by atoms with Crippen molar-refractivity contribution in [3.8, 4) is 0 Å². The summed E-state index contributed by atoms with van der Waals surface area (Å²) >= 11 is 3.44. The number of esters is 2. The minimum absolute atomic E-state index is 0.273. The number of cyclic esters (lactones) is 1. The Kier molecular flexibility index (Phi) is 5.50. The fourth-order valence-electron chi connectivity index (χ4n) is 2.70. The van der Waals surface area contributed by atoms with E-state index in [0.717, 1.165) is 10.0 Å². The van der Waals surface area contributed by atoms with Crippen LogP contribution in [0.5, 0.6) is 0 Å². The summed E-state index contributed by atoms with van der Waals surface area (Å²) in [5.41, 5.74) is 0.397. The van der Waals surface area contributed by atoms with Gasteiger partial charge in [-0.15, -0.1) is 0 Å². The molecule has 0 spiro atoms. The molecule has 1 aromatic rings. The number of carbonyl (C=O) groups is 2. The number of ether oxygens (including phenoxy) is 2. The maximum Gasteiger partial charge on any atom is 0.348 e. The predicted octanol–water partition coefficient (Wildman–Crippen LogP) is 4.07. The van der Waals surface area contributed by atoms with Crippen LogP contribution in [0.25, 0.3) is 0 Å². The standard InChI is InChI=1S/C18H23BrO4/c1-11(2)8-14(12-6-5-7-13(19)9-12)16(20)23-15-17(21)22-10-18(15,3)4/h5-7,9,11,14-15H,8,10H2,1-4H3/t14-,15+/m1/s1. The molecule has 4 nitrogen and oxygen atoms in total. The molecule has 1 aliphatic rings. The lowest BCUT2D eigenvalue weighted by Gasteiger charge is -2.25. The number of hydrogen-bond donors (Lipinski definition) is 0. The Labute approximate surface area is 145 Å². The highest BCUT2D eigenvalue weighted by Crippen LogP contribution is 2.34. The van der Waals surface area contributed by atoms with Crippen LogP contribution in [0.4, 0.5) is 0 Å². The third-order valence-corrected chi connectivity index (χ3v) is 4.48. The molecule has 5 heteroatoms. The number of benzene rings is 1. The third kappa shape index (κ3) is 4.34. The summed E-state index contributed by atoms with van der Waals surface area (Å²) in [4.78, 5) is 24.6. The molecule has 0 aliphatic carbocycles. The van der Waals surface area contributed by atoms with Gasteiger partial charge in [-0.2, -0.15) is 0 Å². The molecule has 1 saturated heterocycles. The van der Waals surface area contributed by atoms with E-state index in [9.17, 15) is 9.59 Å². The Balaban J connectivity index is 2.22. The fourth-order valence-corrected chi connectivity index (χ4v) is 3.11. The van der Waals surface area contributed by atoms with E-state index in [1.54, 1.807) is 0 Å². The van der Waals surface area contributed by atoms with E-state index < -0.39 is 23.4 Å². The van der Waals surface area contributed by atoms with Crippen molar-refractivity contribution >= 4 is 27.9 Å². The lowest BCUT2D eigenvalue weighted by atomic mass is 9.88. The predicted molar refractivity (Wildman–Crippen MR) is 91.0 cm³/mol. The summed E-state index contributed by atoms with van der Waals surface area (Å²) in [5.74, 6) is -0.888. The van der Waals surface area contributed by atoms with E-state index in [2.05, 4.69) is 29.8 Å². The summed E-state index contributed by atoms with van der Waals surface area (Å²) in [7, 11) is 0. The van der Waals surface area contributed by atoms with Gasteiger partial charge in [-0.1, -0.05) is 55.8 Å². The second kappa shape index (κ2) is 7.04. The summed E-state index contributed by atoms with van der Waals surface area (Å²) in [6, 6.07) is 7.65. The van der Waals surface area contributed by atoms with Crippen LogP contribution in [0.3, 0.4) is 0 Å². The van der Waals surface area contributed by atoms with Crippen molar-refractivity contribution in [1.29, 1.82) is 0 Å². The van der Waals surface area contributed by atoms with Crippen LogP contribution < -0.4 is 0 Å². The van der Waals surface area contributed by atoms with E-state index >= 15 is 0 Å². The van der Waals surface area contributed by atoms with Crippen molar-refractivity contribution in [2.24, 2.45) is 11.3 Å². The third-order valence-electron chi connectivity index (χ3n) is 3.99. The highest BCUT2D eigenvalue weighted by molar-refractivity contribution is 9.10. The summed E-state index contributed by atoms with van der Waals surface area (Å²) in [6.07, 6.45) is -0.172. The Bertz CT molecular complexity index is 594. The average molecular weight is 383 g/mol. The molecule has 0 aromatic heterocycles. The van der Waals surface area contributed by atoms with Gasteiger partial charge in [0.05, 0.1) is 5.92 Å². The van der Waals surface area contributed by atoms with Gasteiger partial charge < -0.3 is 9.47 Å². The lowest BCUT2D eigenvalue weighted by molar-refractivity contribution is -0.164. The van der Waals surface area contributed by atoms with Gasteiger partial charge in [0.2, 0.25) is 6.10 Å². The first-order valence-corrected chi connectivity index (χ1v) is 8.62. The van der Waals surface area contributed by atoms with E-state index in [4.69, 9.17) is 9.47 Å². The van der Waals surface area contributed by atoms with Gasteiger partial charge in [0.25, 0.3) is 0 Å². The molecule has 0 N–H and O–H groups in total. The van der Waals surface area contributed by atoms with Crippen LogP contribution in [0.15, 0.2) is 28.7 Å². The fraction of sp³-hybridized carbons (Fsp3) is 0.556. The molecule has 2 atom stereocenters. The summed E-state index contributed by atoms with van der Waals surface area (Å²) < 4.78 is 11.5. The van der Waals surface area contributed by atoms with Crippen LogP contribution >= 0.6 is 15.9 Å². The molecular formula is C18H23BrO4. The first-order valence-electron chi connectivity index (χ1n) is 7.83. The van der Waals surface area contributed by atoms with E-state index in [-0.39, 0.29) is 12.6 Å². The van der Waals surface area contributed by atoms with Gasteiger partial charge in [0.15, 0.2) is 0 Å². The van der Waals surface area contributed by atoms with Crippen molar-refractivity contribution in [2.75, 3.05) is 6.61 Å². The second-order valence-electron chi connectivity index (χ2n) is 7.15. The van der Waals surface area contributed by atoms with Crippen LogP contribution in [0, 0.1) is 11.3 Å². The van der Waals surface area contributed by atoms with E-state index in [1.807, 2.05) is 38.1 Å². The zero-order chi connectivity index (χ0) is 17.2. The first-order chi connectivity index (χ1) is 10.7. The Morgan fingerprint density at radius 2 is 2.13 bits per heavy atom. The molecule has 0 saturated carbocycles. The molecule has 1 aliphatic heterocycles. The smallest absolute Gasteiger partial charge is 0.348 e. The zero-order valence-electron chi connectivity index (χ0n) is 14.0. The summed E-state index contributed by atoms with van der Waals surface area (Å²) in [6.45, 7) is 8.13. The van der Waals surface area contributed by atoms with Gasteiger partial charge in [-0.3, -0.25) is 4.79 Å². The number of hydrogen-bond acceptors (Lipinski definition) is 4. The normalized spacial score (nSPS) is 21.1. The highest BCUT2D eigenvalue weighted by atomic mass is 79.9. The van der Waals surface area contributed by atoms with Crippen LogP contribution in [0.1, 0.15) is 45.6 Å². The van der Waals surface area contributed by atoms with Crippen molar-refractivity contribution in [3.63, 3.8) is 0 Å². The SMILES string of the molecule is CC(C)C[C@@H](C(=O)O[C@H]1C(=O)OCC1(C)C)c1cccc(Br)c1. The lowest BCUT2D eigenvalue weighted by Crippen LogP contribution is -2.36. The quantitative estimate of drug-likeness (QED) is 0.720. The largest absolute Gasteiger partial charge is 0.462 e. The monoisotopic (exact) mass is 382 g/mol. The molecule has 0 radical (unpaired) electrons. The van der Waals surface area contributed by atoms with Gasteiger partial charge >= 0.3 is 11.9 Å². The number of rotatable bonds is 5. The van der Waals surface area contributed by atoms with Gasteiger partial charge in [0.1, 0.15) is 6.61 Å². The average Bonchev–Trinajstić information content (AvgIpc) is 2.71. The first kappa shape index (κ1) is 18.0. The van der Waals surface area contributed by atoms with Crippen LogP contribution in [-0.4, -0.2) is 24.6 Å². The maximum atomic E-state index is 12.7. The molecule has 0 bridgehead atoms. The Morgan fingerprint density at radius 1 is 1.43 bits per heavy atom. The molecule has 126 valence electrons. The second-order valence-corrected chi connectivity index (χ2v) is 8.07. The van der Waals surface area contributed by atoms with E-state index in [0.29, 0.717) is 12.3 Å². The van der Waals surface area contributed by atoms with E-state index in [1.165, 1.54) is 0 Å². The minimum Gasteiger partial charge on any atom is -0.462 e. The van der Waals surface area contributed by atoms with Crippen molar-refractivity contribution in [1.82, 2.24) is 0 Å². The van der Waals surface area contributed by atoms with Crippen LogP contribution in [-0.2, 0) is 19.1 Å². The zero-order valence-corrected chi connectivity index (χ0v) is 15.6. The van der Waals surface area contributed by atoms with Gasteiger partial charge in [-0.25, -0.2) is 4.79 Å². The highest BCUT2D eigenvalue weighted by Gasteiger charge is 2.47. The molecule has 1 aromatic carbocycles. The Hall–Kier alpha value is -1.36. The molecule has 23 heavy (non-hydrogen) atoms. The van der Waals surface area contributed by atoms with Crippen molar-refractivity contribution in [2.45, 2.75) is 46.1 Å². The molecule has 2 rings (SSSR count). The maximum absolute atomic E-state index is 12.7. The molecule has 0 unspecified atom stereocenters. The summed E-state index contributed by atoms with van der Waals surface area (Å²) in [5, 5.41) is 0. The minimum atomic E-state index is -0.836. The molecule has 1 fully saturated rings. The molecular weight excluding hydrogens is 360 g/mol. The number of carbonyl (C=O) groups excluding carboxylic acids is 2. The van der Waals surface area contributed by atoms with Crippen molar-refractivity contribution in [3.05, 3.63) is 34.3 Å². The molecule has 1 heterocycles. The van der Waals surface area contributed by atoms with Crippen molar-refractivity contribution < 1.29 is 19.1 Å². The number of halogens is 1.